The van der Waals surface area contributed by atoms with Crippen molar-refractivity contribution < 1.29 is 14.7 Å². The second kappa shape index (κ2) is 7.89. The lowest BCUT2D eigenvalue weighted by Gasteiger charge is -2.18. The first kappa shape index (κ1) is 16.5. The maximum Gasteiger partial charge on any atom is 0.251 e. The smallest absolute Gasteiger partial charge is 0.251 e. The van der Waals surface area contributed by atoms with Crippen LogP contribution in [0.4, 0.5) is 0 Å². The predicted octanol–water partition coefficient (Wildman–Crippen LogP) is 2.14. The molecule has 0 atom stereocenters. The summed E-state index contributed by atoms with van der Waals surface area (Å²) in [6.45, 7) is 5.47. The average molecular weight is 343 g/mol. The number of nitrogens with one attached hydrogen (secondary N) is 1. The second-order valence-electron chi connectivity index (χ2n) is 4.24. The summed E-state index contributed by atoms with van der Waals surface area (Å²) in [5.41, 5.74) is 0.362. The van der Waals surface area contributed by atoms with Crippen LogP contribution in [-0.2, 0) is 4.79 Å². The molecule has 0 heterocycles. The van der Waals surface area contributed by atoms with E-state index in [-0.39, 0.29) is 30.5 Å². The highest BCUT2D eigenvalue weighted by Crippen LogP contribution is 2.24. The number of amides is 2. The molecule has 2 N–H and O–H groups in total. The zero-order valence-electron chi connectivity index (χ0n) is 11.6. The number of hydrogen-bond donors (Lipinski definition) is 2. The van der Waals surface area contributed by atoms with Gasteiger partial charge in [-0.1, -0.05) is 0 Å². The van der Waals surface area contributed by atoms with Gasteiger partial charge >= 0.3 is 0 Å². The van der Waals surface area contributed by atoms with Crippen molar-refractivity contribution in [2.24, 2.45) is 0 Å². The molecule has 0 aliphatic heterocycles. The molecule has 0 bridgehead atoms. The Morgan fingerprint density at radius 1 is 1.30 bits per heavy atom. The molecule has 0 saturated carbocycles. The summed E-state index contributed by atoms with van der Waals surface area (Å²) >= 11 is 3.15. The van der Waals surface area contributed by atoms with E-state index in [1.165, 1.54) is 6.07 Å². The Morgan fingerprint density at radius 2 is 1.95 bits per heavy atom. The van der Waals surface area contributed by atoms with Crippen LogP contribution in [-0.4, -0.2) is 41.5 Å². The van der Waals surface area contributed by atoms with Crippen LogP contribution in [0.2, 0.25) is 0 Å². The van der Waals surface area contributed by atoms with Crippen molar-refractivity contribution in [2.75, 3.05) is 19.6 Å². The summed E-state index contributed by atoms with van der Waals surface area (Å²) in [6, 6.07) is 4.59. The first-order valence-electron chi connectivity index (χ1n) is 6.54. The lowest BCUT2D eigenvalue weighted by atomic mass is 10.2. The average Bonchev–Trinajstić information content (AvgIpc) is 2.43. The van der Waals surface area contributed by atoms with Crippen LogP contribution in [0.15, 0.2) is 22.7 Å². The number of carbonyl (C=O) groups is 2. The standard InChI is InChI=1S/C14H19BrN2O3/c1-3-17(4-2)13(19)7-8-16-14(20)10-5-6-11(15)12(18)9-10/h5-6,9,18H,3-4,7-8H2,1-2H3,(H,16,20). The Balaban J connectivity index is 2.47. The molecule has 0 unspecified atom stereocenters. The Morgan fingerprint density at radius 3 is 2.50 bits per heavy atom. The van der Waals surface area contributed by atoms with E-state index in [1.54, 1.807) is 17.0 Å². The number of phenols is 1. The Bertz CT molecular complexity index is 487. The molecule has 1 aromatic rings. The summed E-state index contributed by atoms with van der Waals surface area (Å²) in [5, 5.41) is 12.2. The van der Waals surface area contributed by atoms with Gasteiger partial charge in [0.05, 0.1) is 4.47 Å². The van der Waals surface area contributed by atoms with Crippen molar-refractivity contribution in [2.45, 2.75) is 20.3 Å². The van der Waals surface area contributed by atoms with Crippen molar-refractivity contribution in [3.63, 3.8) is 0 Å². The third-order valence-electron chi connectivity index (χ3n) is 2.95. The Hall–Kier alpha value is -1.56. The molecule has 6 heteroatoms. The minimum Gasteiger partial charge on any atom is -0.507 e. The van der Waals surface area contributed by atoms with Gasteiger partial charge in [-0.3, -0.25) is 9.59 Å². The second-order valence-corrected chi connectivity index (χ2v) is 5.09. The zero-order chi connectivity index (χ0) is 15.1. The molecule has 20 heavy (non-hydrogen) atoms. The highest BCUT2D eigenvalue weighted by molar-refractivity contribution is 9.10. The van der Waals surface area contributed by atoms with Gasteiger partial charge in [-0.2, -0.15) is 0 Å². The largest absolute Gasteiger partial charge is 0.507 e. The fourth-order valence-electron chi connectivity index (χ4n) is 1.77. The SMILES string of the molecule is CCN(CC)C(=O)CCNC(=O)c1ccc(Br)c(O)c1. The monoisotopic (exact) mass is 342 g/mol. The van der Waals surface area contributed by atoms with Gasteiger partial charge in [-0.25, -0.2) is 0 Å². The quantitative estimate of drug-likeness (QED) is 0.832. The number of aromatic hydroxyl groups is 1. The Labute approximate surface area is 127 Å². The predicted molar refractivity (Wildman–Crippen MR) is 80.7 cm³/mol. The van der Waals surface area contributed by atoms with Gasteiger partial charge in [-0.05, 0) is 48.0 Å². The first-order chi connectivity index (χ1) is 9.49. The van der Waals surface area contributed by atoms with Crippen LogP contribution >= 0.6 is 15.9 Å². The van der Waals surface area contributed by atoms with Gasteiger partial charge in [-0.15, -0.1) is 0 Å². The number of rotatable bonds is 6. The van der Waals surface area contributed by atoms with Crippen LogP contribution in [0.25, 0.3) is 0 Å². The molecule has 0 radical (unpaired) electrons. The molecule has 0 aliphatic rings. The molecule has 110 valence electrons. The molecule has 2 amide bonds. The van der Waals surface area contributed by atoms with Gasteiger partial charge in [0, 0.05) is 31.6 Å². The van der Waals surface area contributed by atoms with Gasteiger partial charge in [0.25, 0.3) is 5.91 Å². The number of carbonyl (C=O) groups excluding carboxylic acids is 2. The van der Waals surface area contributed by atoms with Crippen molar-refractivity contribution >= 4 is 27.7 Å². The van der Waals surface area contributed by atoms with E-state index >= 15 is 0 Å². The molecule has 1 rings (SSSR count). The molecule has 0 saturated heterocycles. The zero-order valence-corrected chi connectivity index (χ0v) is 13.2. The molecular weight excluding hydrogens is 324 g/mol. The number of benzene rings is 1. The minimum absolute atomic E-state index is 0.0110. The molecule has 5 nitrogen and oxygen atoms in total. The van der Waals surface area contributed by atoms with Crippen LogP contribution < -0.4 is 5.32 Å². The van der Waals surface area contributed by atoms with Crippen LogP contribution in [0.1, 0.15) is 30.6 Å². The van der Waals surface area contributed by atoms with Gasteiger partial charge in [0.1, 0.15) is 5.75 Å². The van der Waals surface area contributed by atoms with E-state index in [1.807, 2.05) is 13.8 Å². The van der Waals surface area contributed by atoms with E-state index < -0.39 is 0 Å². The summed E-state index contributed by atoms with van der Waals surface area (Å²) in [6.07, 6.45) is 0.274. The summed E-state index contributed by atoms with van der Waals surface area (Å²) < 4.78 is 0.533. The highest BCUT2D eigenvalue weighted by atomic mass is 79.9. The summed E-state index contributed by atoms with van der Waals surface area (Å²) in [5.74, 6) is -0.272. The lowest BCUT2D eigenvalue weighted by Crippen LogP contribution is -2.34. The van der Waals surface area contributed by atoms with Gasteiger partial charge < -0.3 is 15.3 Å². The lowest BCUT2D eigenvalue weighted by molar-refractivity contribution is -0.130. The number of nitrogens with zero attached hydrogens (tertiary/aromatic N) is 1. The van der Waals surface area contributed by atoms with Crippen LogP contribution in [0, 0.1) is 0 Å². The molecule has 0 aromatic heterocycles. The van der Waals surface area contributed by atoms with Crippen LogP contribution in [0.5, 0.6) is 5.75 Å². The molecule has 0 aliphatic carbocycles. The third kappa shape index (κ3) is 4.52. The first-order valence-corrected chi connectivity index (χ1v) is 7.33. The molecule has 0 spiro atoms. The fraction of sp³-hybridized carbons (Fsp3) is 0.429. The van der Waals surface area contributed by atoms with E-state index in [2.05, 4.69) is 21.2 Å². The maximum atomic E-state index is 11.8. The summed E-state index contributed by atoms with van der Waals surface area (Å²) in [4.78, 5) is 25.3. The van der Waals surface area contributed by atoms with E-state index in [9.17, 15) is 14.7 Å². The topological polar surface area (TPSA) is 69.6 Å². The van der Waals surface area contributed by atoms with Gasteiger partial charge in [0.15, 0.2) is 0 Å². The number of phenolic OH excluding ortho intramolecular Hbond substituents is 1. The molecule has 0 fully saturated rings. The van der Waals surface area contributed by atoms with Crippen molar-refractivity contribution in [1.82, 2.24) is 10.2 Å². The number of hydrogen-bond acceptors (Lipinski definition) is 3. The van der Waals surface area contributed by atoms with Crippen molar-refractivity contribution in [1.29, 1.82) is 0 Å². The fourth-order valence-corrected chi connectivity index (χ4v) is 2.02. The minimum atomic E-state index is -0.305. The maximum absolute atomic E-state index is 11.8. The third-order valence-corrected chi connectivity index (χ3v) is 3.62. The van der Waals surface area contributed by atoms with Gasteiger partial charge in [0.2, 0.25) is 5.91 Å². The summed E-state index contributed by atoms with van der Waals surface area (Å²) in [7, 11) is 0. The van der Waals surface area contributed by atoms with E-state index in [4.69, 9.17) is 0 Å². The van der Waals surface area contributed by atoms with Crippen molar-refractivity contribution in [3.05, 3.63) is 28.2 Å². The number of halogens is 1. The highest BCUT2D eigenvalue weighted by Gasteiger charge is 2.11. The Kier molecular flexibility index (Phi) is 6.51. The van der Waals surface area contributed by atoms with E-state index in [0.717, 1.165) is 0 Å². The molecular formula is C14H19BrN2O3. The normalized spacial score (nSPS) is 10.2. The van der Waals surface area contributed by atoms with Crippen LogP contribution in [0.3, 0.4) is 0 Å². The molecule has 1 aromatic carbocycles. The van der Waals surface area contributed by atoms with E-state index in [0.29, 0.717) is 23.1 Å². The van der Waals surface area contributed by atoms with Crippen molar-refractivity contribution in [3.8, 4) is 5.75 Å².